The van der Waals surface area contributed by atoms with E-state index in [0.29, 0.717) is 17.5 Å². The van der Waals surface area contributed by atoms with E-state index in [1.807, 2.05) is 31.2 Å². The number of rotatable bonds is 6. The lowest BCUT2D eigenvalue weighted by atomic mass is 10.2. The van der Waals surface area contributed by atoms with E-state index in [1.165, 1.54) is 6.20 Å². The summed E-state index contributed by atoms with van der Waals surface area (Å²) in [6, 6.07) is 7.68. The van der Waals surface area contributed by atoms with E-state index < -0.39 is 6.10 Å². The molecule has 106 valence electrons. The fourth-order valence-corrected chi connectivity index (χ4v) is 1.75. The van der Waals surface area contributed by atoms with E-state index in [-0.39, 0.29) is 6.61 Å². The van der Waals surface area contributed by atoms with Crippen molar-refractivity contribution in [1.82, 2.24) is 9.97 Å². The Bertz CT molecular complexity index is 516. The lowest BCUT2D eigenvalue weighted by Gasteiger charge is -2.13. The van der Waals surface area contributed by atoms with Gasteiger partial charge >= 0.3 is 0 Å². The van der Waals surface area contributed by atoms with Gasteiger partial charge < -0.3 is 15.2 Å². The van der Waals surface area contributed by atoms with Crippen molar-refractivity contribution in [2.24, 2.45) is 0 Å². The van der Waals surface area contributed by atoms with Crippen LogP contribution in [0.15, 0.2) is 36.7 Å². The molecule has 6 heteroatoms. The highest BCUT2D eigenvalue weighted by molar-refractivity contribution is 6.29. The molecule has 0 amide bonds. The zero-order chi connectivity index (χ0) is 14.4. The highest BCUT2D eigenvalue weighted by atomic mass is 35.5. The van der Waals surface area contributed by atoms with Crippen molar-refractivity contribution in [1.29, 1.82) is 0 Å². The van der Waals surface area contributed by atoms with Crippen molar-refractivity contribution >= 4 is 17.4 Å². The Morgan fingerprint density at radius 2 is 2.25 bits per heavy atom. The number of aliphatic hydroxyl groups is 1. The Morgan fingerprint density at radius 3 is 3.00 bits per heavy atom. The number of ether oxygens (including phenoxy) is 1. The molecule has 1 heterocycles. The van der Waals surface area contributed by atoms with E-state index in [1.54, 1.807) is 6.20 Å². The maximum Gasteiger partial charge on any atom is 0.149 e. The lowest BCUT2D eigenvalue weighted by Crippen LogP contribution is -2.26. The number of aryl methyl sites for hydroxylation is 1. The van der Waals surface area contributed by atoms with E-state index in [2.05, 4.69) is 15.3 Å². The van der Waals surface area contributed by atoms with Crippen LogP contribution in [0.25, 0.3) is 0 Å². The molecule has 0 aliphatic carbocycles. The Kier molecular flexibility index (Phi) is 5.15. The van der Waals surface area contributed by atoms with Gasteiger partial charge in [-0.1, -0.05) is 23.7 Å². The summed E-state index contributed by atoms with van der Waals surface area (Å²) in [4.78, 5) is 7.91. The number of hydrogen-bond donors (Lipinski definition) is 2. The van der Waals surface area contributed by atoms with Crippen molar-refractivity contribution < 1.29 is 9.84 Å². The number of hydrogen-bond acceptors (Lipinski definition) is 5. The number of nitrogens with one attached hydrogen (secondary N) is 1. The molecular formula is C14H16ClN3O2. The van der Waals surface area contributed by atoms with Gasteiger partial charge in [0.25, 0.3) is 0 Å². The van der Waals surface area contributed by atoms with Gasteiger partial charge in [0, 0.05) is 6.54 Å². The summed E-state index contributed by atoms with van der Waals surface area (Å²) < 4.78 is 5.51. The van der Waals surface area contributed by atoms with Crippen LogP contribution in [-0.2, 0) is 0 Å². The molecule has 0 aliphatic heterocycles. The van der Waals surface area contributed by atoms with Crippen LogP contribution in [0.4, 0.5) is 5.82 Å². The minimum absolute atomic E-state index is 0.199. The standard InChI is InChI=1S/C14H16ClN3O2/c1-10-3-2-4-12(5-10)20-9-11(19)6-17-14-8-16-7-13(15)18-14/h2-5,7-8,11,19H,6,9H2,1H3,(H,17,18). The fraction of sp³-hybridized carbons (Fsp3) is 0.286. The predicted molar refractivity (Wildman–Crippen MR) is 78.2 cm³/mol. The molecule has 0 saturated heterocycles. The first-order valence-electron chi connectivity index (χ1n) is 6.22. The van der Waals surface area contributed by atoms with Crippen LogP contribution in [0.2, 0.25) is 5.15 Å². The molecule has 5 nitrogen and oxygen atoms in total. The van der Waals surface area contributed by atoms with Crippen LogP contribution in [0.5, 0.6) is 5.75 Å². The minimum atomic E-state index is -0.656. The molecule has 1 atom stereocenters. The molecule has 2 rings (SSSR count). The zero-order valence-electron chi connectivity index (χ0n) is 11.1. The molecule has 0 fully saturated rings. The monoisotopic (exact) mass is 293 g/mol. The maximum atomic E-state index is 9.84. The van der Waals surface area contributed by atoms with Gasteiger partial charge in [0.15, 0.2) is 0 Å². The first-order chi connectivity index (χ1) is 9.63. The van der Waals surface area contributed by atoms with E-state index in [9.17, 15) is 5.11 Å². The van der Waals surface area contributed by atoms with E-state index >= 15 is 0 Å². The van der Waals surface area contributed by atoms with Crippen molar-refractivity contribution in [2.45, 2.75) is 13.0 Å². The fourth-order valence-electron chi connectivity index (χ4n) is 1.61. The number of aromatic nitrogens is 2. The molecule has 20 heavy (non-hydrogen) atoms. The molecule has 0 saturated carbocycles. The van der Waals surface area contributed by atoms with Crippen molar-refractivity contribution in [2.75, 3.05) is 18.5 Å². The molecule has 0 aliphatic rings. The first kappa shape index (κ1) is 14.6. The normalized spacial score (nSPS) is 11.9. The number of anilines is 1. The number of nitrogens with zero attached hydrogens (tertiary/aromatic N) is 2. The minimum Gasteiger partial charge on any atom is -0.491 e. The molecule has 1 aromatic heterocycles. The van der Waals surface area contributed by atoms with Gasteiger partial charge in [-0.3, -0.25) is 4.98 Å². The van der Waals surface area contributed by atoms with Crippen LogP contribution in [0.3, 0.4) is 0 Å². The molecular weight excluding hydrogens is 278 g/mol. The topological polar surface area (TPSA) is 67.3 Å². The first-order valence-corrected chi connectivity index (χ1v) is 6.60. The summed E-state index contributed by atoms with van der Waals surface area (Å²) in [5.41, 5.74) is 1.12. The summed E-state index contributed by atoms with van der Waals surface area (Å²) in [6.45, 7) is 2.49. The molecule has 2 aromatic rings. The number of halogens is 1. The van der Waals surface area contributed by atoms with Gasteiger partial charge in [0.2, 0.25) is 0 Å². The number of benzene rings is 1. The van der Waals surface area contributed by atoms with Gasteiger partial charge in [-0.2, -0.15) is 0 Å². The Hall–Kier alpha value is -1.85. The van der Waals surface area contributed by atoms with Crippen LogP contribution >= 0.6 is 11.6 Å². The van der Waals surface area contributed by atoms with E-state index in [4.69, 9.17) is 16.3 Å². The maximum absolute atomic E-state index is 9.84. The van der Waals surface area contributed by atoms with Crippen molar-refractivity contribution in [3.8, 4) is 5.75 Å². The van der Waals surface area contributed by atoms with Crippen LogP contribution in [-0.4, -0.2) is 34.3 Å². The van der Waals surface area contributed by atoms with E-state index in [0.717, 1.165) is 11.3 Å². The van der Waals surface area contributed by atoms with Gasteiger partial charge in [0.1, 0.15) is 29.4 Å². The molecule has 2 N–H and O–H groups in total. The zero-order valence-corrected chi connectivity index (χ0v) is 11.8. The second-order valence-corrected chi connectivity index (χ2v) is 4.78. The molecule has 0 radical (unpaired) electrons. The average molecular weight is 294 g/mol. The van der Waals surface area contributed by atoms with Crippen LogP contribution in [0.1, 0.15) is 5.56 Å². The molecule has 0 spiro atoms. The van der Waals surface area contributed by atoms with Gasteiger partial charge in [0.05, 0.1) is 12.4 Å². The largest absolute Gasteiger partial charge is 0.491 e. The summed E-state index contributed by atoms with van der Waals surface area (Å²) >= 11 is 5.72. The third kappa shape index (κ3) is 4.68. The highest BCUT2D eigenvalue weighted by Crippen LogP contribution is 2.12. The van der Waals surface area contributed by atoms with Crippen molar-refractivity contribution in [3.05, 3.63) is 47.4 Å². The Balaban J connectivity index is 1.77. The molecule has 1 unspecified atom stereocenters. The van der Waals surface area contributed by atoms with Crippen molar-refractivity contribution in [3.63, 3.8) is 0 Å². The van der Waals surface area contributed by atoms with Crippen LogP contribution in [0, 0.1) is 6.92 Å². The Labute approximate surface area is 122 Å². The van der Waals surface area contributed by atoms with Gasteiger partial charge in [-0.15, -0.1) is 0 Å². The third-order valence-electron chi connectivity index (χ3n) is 2.56. The van der Waals surface area contributed by atoms with Gasteiger partial charge in [-0.25, -0.2) is 4.98 Å². The highest BCUT2D eigenvalue weighted by Gasteiger charge is 2.06. The second-order valence-electron chi connectivity index (χ2n) is 4.39. The summed E-state index contributed by atoms with van der Waals surface area (Å²) in [7, 11) is 0. The third-order valence-corrected chi connectivity index (χ3v) is 2.74. The second kappa shape index (κ2) is 7.07. The summed E-state index contributed by atoms with van der Waals surface area (Å²) in [5.74, 6) is 1.26. The quantitative estimate of drug-likeness (QED) is 0.855. The van der Waals surface area contributed by atoms with Crippen LogP contribution < -0.4 is 10.1 Å². The predicted octanol–water partition coefficient (Wildman–Crippen LogP) is 2.29. The summed E-state index contributed by atoms with van der Waals surface area (Å²) in [6.07, 6.45) is 2.33. The Morgan fingerprint density at radius 1 is 1.40 bits per heavy atom. The summed E-state index contributed by atoms with van der Waals surface area (Å²) in [5, 5.41) is 13.1. The smallest absolute Gasteiger partial charge is 0.149 e. The van der Waals surface area contributed by atoms with Gasteiger partial charge in [-0.05, 0) is 24.6 Å². The SMILES string of the molecule is Cc1cccc(OCC(O)CNc2cncc(Cl)n2)c1. The molecule has 0 bridgehead atoms. The molecule has 1 aromatic carbocycles. The lowest BCUT2D eigenvalue weighted by molar-refractivity contribution is 0.117. The average Bonchev–Trinajstić information content (AvgIpc) is 2.43. The number of aliphatic hydroxyl groups excluding tert-OH is 1.